The maximum atomic E-state index is 12.4. The molecule has 1 aliphatic heterocycles. The number of carbonyl (C=O) groups is 3. The van der Waals surface area contributed by atoms with Gasteiger partial charge in [-0.1, -0.05) is 19.1 Å². The summed E-state index contributed by atoms with van der Waals surface area (Å²) in [4.78, 5) is 37.0. The van der Waals surface area contributed by atoms with Crippen LogP contribution in [0.3, 0.4) is 0 Å². The molecule has 18 heteroatoms. The summed E-state index contributed by atoms with van der Waals surface area (Å²) in [5, 5.41) is 28.3. The maximum Gasteiger partial charge on any atom is 0.490 e. The van der Waals surface area contributed by atoms with Crippen molar-refractivity contribution in [2.24, 2.45) is 5.73 Å². The first-order valence-electron chi connectivity index (χ1n) is 15.2. The molecule has 2 aromatic carbocycles. The topological polar surface area (TPSA) is 185 Å². The molecule has 0 radical (unpaired) electrons. The van der Waals surface area contributed by atoms with Crippen molar-refractivity contribution in [3.63, 3.8) is 0 Å². The lowest BCUT2D eigenvalue weighted by atomic mass is 10.0. The summed E-state index contributed by atoms with van der Waals surface area (Å²) in [5.74, 6) is -4.87. The molecule has 1 aromatic heterocycles. The number of nitrogens with zero attached hydrogens (tertiary/aromatic N) is 2. The number of nitrogens with one attached hydrogen (secondary N) is 1. The van der Waals surface area contributed by atoms with Crippen LogP contribution in [0.4, 0.5) is 37.7 Å². The first-order valence-corrected chi connectivity index (χ1v) is 15.2. The zero-order valence-electron chi connectivity index (χ0n) is 27.3. The highest BCUT2D eigenvalue weighted by atomic mass is 19.4. The Hall–Kier alpha value is -4.84. The molecule has 2 heterocycles. The van der Waals surface area contributed by atoms with Crippen molar-refractivity contribution in [1.82, 2.24) is 9.88 Å². The highest BCUT2D eigenvalue weighted by Gasteiger charge is 2.39. The van der Waals surface area contributed by atoms with E-state index in [1.165, 1.54) is 11.8 Å². The first-order chi connectivity index (χ1) is 23.4. The second kappa shape index (κ2) is 18.2. The third-order valence-corrected chi connectivity index (χ3v) is 7.25. The van der Waals surface area contributed by atoms with Gasteiger partial charge in [0.25, 0.3) is 5.91 Å². The number of primary amides is 1. The molecule has 6 N–H and O–H groups in total. The van der Waals surface area contributed by atoms with E-state index in [1.54, 1.807) is 0 Å². The largest absolute Gasteiger partial charge is 0.490 e. The Morgan fingerprint density at radius 2 is 1.54 bits per heavy atom. The van der Waals surface area contributed by atoms with Crippen LogP contribution >= 0.6 is 0 Å². The number of anilines is 2. The maximum absolute atomic E-state index is 12.4. The number of pyridine rings is 1. The number of aliphatic hydroxyl groups is 1. The van der Waals surface area contributed by atoms with Crippen molar-refractivity contribution in [1.29, 1.82) is 0 Å². The first kappa shape index (κ1) is 41.3. The van der Waals surface area contributed by atoms with Gasteiger partial charge in [0.05, 0.1) is 36.6 Å². The van der Waals surface area contributed by atoms with Crippen LogP contribution in [0.1, 0.15) is 55.1 Å². The molecule has 12 nitrogen and oxygen atoms in total. The van der Waals surface area contributed by atoms with Crippen LogP contribution in [0.15, 0.2) is 36.5 Å². The number of aromatic nitrogens is 1. The number of carboxylic acids is 2. The highest BCUT2D eigenvalue weighted by molar-refractivity contribution is 6.08. The van der Waals surface area contributed by atoms with Gasteiger partial charge in [-0.25, -0.2) is 9.59 Å². The van der Waals surface area contributed by atoms with Crippen LogP contribution in [-0.2, 0) is 22.6 Å². The van der Waals surface area contributed by atoms with E-state index in [2.05, 4.69) is 28.2 Å². The molecule has 0 aliphatic carbocycles. The second-order valence-corrected chi connectivity index (χ2v) is 10.6. The van der Waals surface area contributed by atoms with Gasteiger partial charge in [-0.2, -0.15) is 26.3 Å². The summed E-state index contributed by atoms with van der Waals surface area (Å²) in [5.41, 5.74) is 10.6. The average Bonchev–Trinajstić information content (AvgIpc) is 3.48. The van der Waals surface area contributed by atoms with Crippen LogP contribution in [0.25, 0.3) is 10.9 Å². The van der Waals surface area contributed by atoms with Gasteiger partial charge in [0.15, 0.2) is 11.5 Å². The molecular formula is C32H38F6N4O8. The second-order valence-electron chi connectivity index (χ2n) is 10.6. The number of alkyl halides is 6. The number of ether oxygens (including phenoxy) is 2. The molecule has 1 amide bonds. The number of fused-ring (bicyclic) bond motifs is 1. The van der Waals surface area contributed by atoms with E-state index >= 15 is 0 Å². The molecule has 0 spiro atoms. The van der Waals surface area contributed by atoms with E-state index in [4.69, 9.17) is 35.0 Å². The summed E-state index contributed by atoms with van der Waals surface area (Å²) < 4.78 is 75.1. The van der Waals surface area contributed by atoms with Gasteiger partial charge in [-0.15, -0.1) is 0 Å². The zero-order valence-corrected chi connectivity index (χ0v) is 27.3. The smallest absolute Gasteiger partial charge is 0.490 e. The summed E-state index contributed by atoms with van der Waals surface area (Å²) in [6.07, 6.45) is -5.73. The summed E-state index contributed by atoms with van der Waals surface area (Å²) in [6, 6.07) is 10.1. The van der Waals surface area contributed by atoms with E-state index in [1.807, 2.05) is 38.1 Å². The van der Waals surface area contributed by atoms with Crippen molar-refractivity contribution in [2.75, 3.05) is 31.7 Å². The zero-order chi connectivity index (χ0) is 37.8. The van der Waals surface area contributed by atoms with Crippen molar-refractivity contribution in [2.45, 2.75) is 65.0 Å². The predicted molar refractivity (Wildman–Crippen MR) is 170 cm³/mol. The number of carboxylic acid groups (broad SMARTS) is 2. The number of nitrogens with two attached hydrogens (primary N) is 1. The molecule has 4 rings (SSSR count). The van der Waals surface area contributed by atoms with Crippen molar-refractivity contribution < 1.29 is 65.5 Å². The lowest BCUT2D eigenvalue weighted by Crippen LogP contribution is -2.32. The van der Waals surface area contributed by atoms with E-state index < -0.39 is 30.2 Å². The van der Waals surface area contributed by atoms with Crippen LogP contribution in [0, 0.1) is 0 Å². The number of hydrogen-bond donors (Lipinski definition) is 5. The lowest BCUT2D eigenvalue weighted by Gasteiger charge is -2.25. The van der Waals surface area contributed by atoms with Gasteiger partial charge in [0, 0.05) is 35.9 Å². The Balaban J connectivity index is 0.000000521. The summed E-state index contributed by atoms with van der Waals surface area (Å²) >= 11 is 0. The molecule has 1 fully saturated rings. The molecule has 3 aromatic rings. The van der Waals surface area contributed by atoms with E-state index in [0.29, 0.717) is 41.5 Å². The standard InChI is InChI=1S/C28H36N4O4.2C2HF3O2/c1-4-20-18(16-32-12-8-10-19(32)17-33)9-7-11-23(20)31-27-21-13-25(35-5-2)26(36-6-3)14-24(21)30-15-22(27)28(29)34;2*3-2(4,5)1(6)7/h7,9,11,13-15,19,33H,4-6,8,10,12,16-17H2,1-3H3,(H2,29,34)(H,30,31);2*(H,6,7)/t19-;;/m1../s1. The lowest BCUT2D eigenvalue weighted by molar-refractivity contribution is -0.193. The molecule has 1 atom stereocenters. The fraction of sp³-hybridized carbons (Fsp3) is 0.438. The minimum Gasteiger partial charge on any atom is -0.490 e. The van der Waals surface area contributed by atoms with Gasteiger partial charge >= 0.3 is 24.3 Å². The predicted octanol–water partition coefficient (Wildman–Crippen LogP) is 5.66. The van der Waals surface area contributed by atoms with E-state index in [9.17, 15) is 36.2 Å². The van der Waals surface area contributed by atoms with Crippen molar-refractivity contribution in [3.8, 4) is 11.5 Å². The highest BCUT2D eigenvalue weighted by Crippen LogP contribution is 2.38. The van der Waals surface area contributed by atoms with Gasteiger partial charge in [-0.3, -0.25) is 14.7 Å². The van der Waals surface area contributed by atoms with Crippen LogP contribution in [-0.4, -0.2) is 87.8 Å². The molecule has 50 heavy (non-hydrogen) atoms. The molecule has 0 bridgehead atoms. The van der Waals surface area contributed by atoms with E-state index in [0.717, 1.165) is 49.0 Å². The summed E-state index contributed by atoms with van der Waals surface area (Å²) in [6.45, 7) is 8.86. The van der Waals surface area contributed by atoms with Crippen molar-refractivity contribution in [3.05, 3.63) is 53.2 Å². The molecule has 0 saturated carbocycles. The third-order valence-electron chi connectivity index (χ3n) is 7.25. The minimum absolute atomic E-state index is 0.177. The quantitative estimate of drug-likeness (QED) is 0.154. The molecule has 0 unspecified atom stereocenters. The minimum atomic E-state index is -5.08. The third kappa shape index (κ3) is 11.4. The molecular weight excluding hydrogens is 682 g/mol. The Labute approximate surface area is 282 Å². The monoisotopic (exact) mass is 720 g/mol. The van der Waals surface area contributed by atoms with Gasteiger partial charge < -0.3 is 35.8 Å². The normalized spacial score (nSPS) is 14.6. The number of aliphatic hydroxyl groups excluding tert-OH is 1. The van der Waals surface area contributed by atoms with Gasteiger partial charge in [0.2, 0.25) is 0 Å². The number of rotatable bonds is 11. The van der Waals surface area contributed by atoms with Crippen LogP contribution < -0.4 is 20.5 Å². The molecule has 276 valence electrons. The number of hydrogen-bond acceptors (Lipinski definition) is 9. The Kier molecular flexibility index (Phi) is 15.1. The number of benzene rings is 2. The fourth-order valence-electron chi connectivity index (χ4n) is 5.04. The Morgan fingerprint density at radius 1 is 0.980 bits per heavy atom. The van der Waals surface area contributed by atoms with Crippen LogP contribution in [0.2, 0.25) is 0 Å². The molecule has 1 saturated heterocycles. The number of halogens is 6. The van der Waals surface area contributed by atoms with Crippen molar-refractivity contribution >= 4 is 40.1 Å². The van der Waals surface area contributed by atoms with E-state index in [-0.39, 0.29) is 12.6 Å². The SMILES string of the molecule is CCOc1cc2ncc(C(N)=O)c(Nc3cccc(CN4CCC[C@@H]4CO)c3CC)c2cc1OCC.O=C(O)C(F)(F)F.O=C(O)C(F)(F)F. The Bertz CT molecular complexity index is 1610. The number of carbonyl (C=O) groups excluding carboxylic acids is 1. The van der Waals surface area contributed by atoms with Gasteiger partial charge in [0.1, 0.15) is 0 Å². The number of likely N-dealkylation sites (tertiary alicyclic amines) is 1. The van der Waals surface area contributed by atoms with Crippen LogP contribution in [0.5, 0.6) is 11.5 Å². The number of aliphatic carboxylic acids is 2. The number of amides is 1. The molecule has 1 aliphatic rings. The fourth-order valence-corrected chi connectivity index (χ4v) is 5.04. The summed E-state index contributed by atoms with van der Waals surface area (Å²) in [7, 11) is 0. The van der Waals surface area contributed by atoms with Gasteiger partial charge in [-0.05, 0) is 62.9 Å². The average molecular weight is 721 g/mol. The Morgan fingerprint density at radius 3 is 2.02 bits per heavy atom.